The van der Waals surface area contributed by atoms with Crippen LogP contribution >= 0.6 is 0 Å². The lowest BCUT2D eigenvalue weighted by atomic mass is 10.2. The van der Waals surface area contributed by atoms with E-state index in [2.05, 4.69) is 25.3 Å². The molecule has 0 spiro atoms. The maximum absolute atomic E-state index is 13.1. The molecule has 0 saturated carbocycles. The van der Waals surface area contributed by atoms with Crippen molar-refractivity contribution in [2.24, 2.45) is 0 Å². The highest BCUT2D eigenvalue weighted by Crippen LogP contribution is 2.22. The average molecular weight is 391 g/mol. The molecule has 1 atom stereocenters. The number of amides is 1. The van der Waals surface area contributed by atoms with E-state index in [9.17, 15) is 9.18 Å². The minimum absolute atomic E-state index is 0.00418. The number of carbonyl (C=O) groups excluding carboxylic acids is 1. The first-order chi connectivity index (χ1) is 14.2. The van der Waals surface area contributed by atoms with E-state index in [0.29, 0.717) is 17.9 Å². The van der Waals surface area contributed by atoms with Gasteiger partial charge in [0.1, 0.15) is 5.82 Å². The van der Waals surface area contributed by atoms with Crippen molar-refractivity contribution in [3.8, 4) is 5.69 Å². The van der Waals surface area contributed by atoms with Crippen molar-refractivity contribution >= 4 is 17.4 Å². The molecule has 1 amide bonds. The van der Waals surface area contributed by atoms with Gasteiger partial charge in [0.2, 0.25) is 0 Å². The second kappa shape index (κ2) is 7.01. The van der Waals surface area contributed by atoms with Gasteiger partial charge in [-0.15, -0.1) is 0 Å². The third-order valence-corrected chi connectivity index (χ3v) is 5.03. The molecule has 3 aromatic heterocycles. The summed E-state index contributed by atoms with van der Waals surface area (Å²) in [5.74, 6) is 0.268. The highest BCUT2D eigenvalue weighted by molar-refractivity contribution is 5.92. The second-order valence-electron chi connectivity index (χ2n) is 6.94. The van der Waals surface area contributed by atoms with Crippen molar-refractivity contribution in [2.45, 2.75) is 12.5 Å². The molecule has 0 unspecified atom stereocenters. The molecule has 29 heavy (non-hydrogen) atoms. The number of hydrogen-bond acceptors (Lipinski definition) is 5. The van der Waals surface area contributed by atoms with Gasteiger partial charge in [0.15, 0.2) is 17.2 Å². The Morgan fingerprint density at radius 3 is 2.69 bits per heavy atom. The molecular formula is C20H18FN7O. The lowest BCUT2D eigenvalue weighted by Gasteiger charge is -2.18. The molecule has 4 heterocycles. The molecule has 1 aromatic carbocycles. The van der Waals surface area contributed by atoms with Crippen molar-refractivity contribution in [3.63, 3.8) is 0 Å². The Morgan fingerprint density at radius 2 is 1.86 bits per heavy atom. The van der Waals surface area contributed by atoms with Crippen LogP contribution in [0.3, 0.4) is 0 Å². The lowest BCUT2D eigenvalue weighted by molar-refractivity contribution is 0.0935. The van der Waals surface area contributed by atoms with Crippen LogP contribution in [0.25, 0.3) is 11.3 Å². The van der Waals surface area contributed by atoms with Gasteiger partial charge in [-0.2, -0.15) is 5.10 Å². The molecule has 5 rings (SSSR count). The van der Waals surface area contributed by atoms with Crippen molar-refractivity contribution in [1.29, 1.82) is 0 Å². The van der Waals surface area contributed by atoms with E-state index in [-0.39, 0.29) is 17.8 Å². The largest absolute Gasteiger partial charge is 0.351 e. The lowest BCUT2D eigenvalue weighted by Crippen LogP contribution is -2.37. The summed E-state index contributed by atoms with van der Waals surface area (Å²) in [5.41, 5.74) is 1.81. The minimum Gasteiger partial charge on any atom is -0.351 e. The van der Waals surface area contributed by atoms with Crippen LogP contribution in [-0.2, 0) is 0 Å². The van der Waals surface area contributed by atoms with Gasteiger partial charge in [-0.3, -0.25) is 4.79 Å². The summed E-state index contributed by atoms with van der Waals surface area (Å²) in [6.07, 6.45) is 9.73. The fourth-order valence-electron chi connectivity index (χ4n) is 3.58. The number of halogens is 1. The Kier molecular flexibility index (Phi) is 4.19. The molecule has 146 valence electrons. The van der Waals surface area contributed by atoms with E-state index in [0.717, 1.165) is 24.4 Å². The van der Waals surface area contributed by atoms with Crippen LogP contribution in [0.5, 0.6) is 0 Å². The maximum Gasteiger partial charge on any atom is 0.272 e. The number of anilines is 1. The minimum atomic E-state index is -0.315. The zero-order valence-corrected chi connectivity index (χ0v) is 15.4. The van der Waals surface area contributed by atoms with E-state index < -0.39 is 0 Å². The average Bonchev–Trinajstić information content (AvgIpc) is 3.48. The number of hydrogen-bond donors (Lipinski definition) is 1. The summed E-state index contributed by atoms with van der Waals surface area (Å²) in [5, 5.41) is 7.35. The number of nitrogens with zero attached hydrogens (tertiary/aromatic N) is 6. The van der Waals surface area contributed by atoms with Gasteiger partial charge in [0.25, 0.3) is 5.91 Å². The van der Waals surface area contributed by atoms with Gasteiger partial charge in [0, 0.05) is 50.1 Å². The number of benzene rings is 1. The molecule has 1 aliphatic heterocycles. The zero-order chi connectivity index (χ0) is 19.8. The Hall–Kier alpha value is -3.75. The monoisotopic (exact) mass is 391 g/mol. The summed E-state index contributed by atoms with van der Waals surface area (Å²) < 4.78 is 16.6. The van der Waals surface area contributed by atoms with Gasteiger partial charge < -0.3 is 14.6 Å². The Morgan fingerprint density at radius 1 is 1.07 bits per heavy atom. The van der Waals surface area contributed by atoms with E-state index >= 15 is 0 Å². The second-order valence-corrected chi connectivity index (χ2v) is 6.94. The first-order valence-corrected chi connectivity index (χ1v) is 9.32. The van der Waals surface area contributed by atoms with E-state index in [4.69, 9.17) is 0 Å². The molecule has 1 saturated heterocycles. The quantitative estimate of drug-likeness (QED) is 0.576. The van der Waals surface area contributed by atoms with Crippen LogP contribution in [-0.4, -0.2) is 49.2 Å². The molecule has 1 N–H and O–H groups in total. The normalized spacial score (nSPS) is 16.4. The fraction of sp³-hybridized carbons (Fsp3) is 0.200. The van der Waals surface area contributed by atoms with Crippen LogP contribution in [0.2, 0.25) is 0 Å². The number of rotatable bonds is 4. The number of fused-ring (bicyclic) bond motifs is 1. The van der Waals surface area contributed by atoms with Crippen LogP contribution in [0.15, 0.2) is 61.3 Å². The van der Waals surface area contributed by atoms with Gasteiger partial charge in [-0.1, -0.05) is 0 Å². The summed E-state index contributed by atoms with van der Waals surface area (Å²) >= 11 is 0. The molecule has 0 bridgehead atoms. The number of aromatic nitrogens is 5. The van der Waals surface area contributed by atoms with E-state index in [1.807, 2.05) is 16.8 Å². The third kappa shape index (κ3) is 3.31. The molecule has 0 radical (unpaired) electrons. The van der Waals surface area contributed by atoms with Crippen molar-refractivity contribution < 1.29 is 9.18 Å². The molecule has 1 fully saturated rings. The standard InChI is InChI=1S/C20H18FN7O/c21-14-1-3-16(4-2-14)28-10-6-17(25-28)20(29)24-15-5-9-27(13-15)19-18-22-7-11-26(18)12-8-23-19/h1-4,6-8,10-12,15H,5,9,13H2,(H,24,29)/t15-/m0/s1. The van der Waals surface area contributed by atoms with E-state index in [1.54, 1.807) is 41.5 Å². The fourth-order valence-corrected chi connectivity index (χ4v) is 3.58. The molecule has 0 aliphatic carbocycles. The van der Waals surface area contributed by atoms with Gasteiger partial charge in [-0.05, 0) is 36.8 Å². The molecule has 1 aliphatic rings. The Balaban J connectivity index is 1.26. The van der Waals surface area contributed by atoms with Gasteiger partial charge in [-0.25, -0.2) is 19.0 Å². The molecule has 8 nitrogen and oxygen atoms in total. The topological polar surface area (TPSA) is 80.4 Å². The summed E-state index contributed by atoms with van der Waals surface area (Å²) in [6.45, 7) is 1.44. The first kappa shape index (κ1) is 17.4. The van der Waals surface area contributed by atoms with Crippen molar-refractivity contribution in [3.05, 3.63) is 72.8 Å². The maximum atomic E-state index is 13.1. The summed E-state index contributed by atoms with van der Waals surface area (Å²) in [7, 11) is 0. The first-order valence-electron chi connectivity index (χ1n) is 9.32. The molecular weight excluding hydrogens is 373 g/mol. The SMILES string of the molecule is O=C(N[C@H]1CCN(c2nccn3ccnc23)C1)c1ccn(-c2ccc(F)cc2)n1. The zero-order valence-electron chi connectivity index (χ0n) is 15.4. The third-order valence-electron chi connectivity index (χ3n) is 5.03. The molecule has 4 aromatic rings. The van der Waals surface area contributed by atoms with E-state index in [1.165, 1.54) is 12.1 Å². The summed E-state index contributed by atoms with van der Waals surface area (Å²) in [6, 6.07) is 7.59. The predicted octanol–water partition coefficient (Wildman–Crippen LogP) is 2.06. The smallest absolute Gasteiger partial charge is 0.272 e. The van der Waals surface area contributed by atoms with Crippen LogP contribution < -0.4 is 10.2 Å². The van der Waals surface area contributed by atoms with Crippen LogP contribution in [0, 0.1) is 5.82 Å². The number of carbonyl (C=O) groups is 1. The van der Waals surface area contributed by atoms with Crippen LogP contribution in [0.4, 0.5) is 10.2 Å². The Labute approximate surface area is 165 Å². The van der Waals surface area contributed by atoms with Crippen LogP contribution in [0.1, 0.15) is 16.9 Å². The van der Waals surface area contributed by atoms with Crippen molar-refractivity contribution in [1.82, 2.24) is 29.5 Å². The predicted molar refractivity (Wildman–Crippen MR) is 105 cm³/mol. The highest BCUT2D eigenvalue weighted by Gasteiger charge is 2.27. The molecule has 9 heteroatoms. The number of imidazole rings is 1. The number of nitrogens with one attached hydrogen (secondary N) is 1. The Bertz CT molecular complexity index is 1170. The summed E-state index contributed by atoms with van der Waals surface area (Å²) in [4.78, 5) is 23.6. The van der Waals surface area contributed by atoms with Gasteiger partial charge >= 0.3 is 0 Å². The van der Waals surface area contributed by atoms with Gasteiger partial charge in [0.05, 0.1) is 5.69 Å². The van der Waals surface area contributed by atoms with Crippen molar-refractivity contribution in [2.75, 3.05) is 18.0 Å². The highest BCUT2D eigenvalue weighted by atomic mass is 19.1.